The van der Waals surface area contributed by atoms with E-state index in [1.807, 2.05) is 54.6 Å². The Balaban J connectivity index is 1.76. The Kier molecular flexibility index (Phi) is 3.65. The van der Waals surface area contributed by atoms with Crippen molar-refractivity contribution in [2.75, 3.05) is 5.32 Å². The summed E-state index contributed by atoms with van der Waals surface area (Å²) in [6.45, 7) is 0. The summed E-state index contributed by atoms with van der Waals surface area (Å²) in [6.07, 6.45) is 0. The number of anilines is 2. The Hall–Kier alpha value is -3.59. The predicted octanol–water partition coefficient (Wildman–Crippen LogP) is 7.14. The zero-order valence-corrected chi connectivity index (χ0v) is 14.4. The lowest BCUT2D eigenvalue weighted by Gasteiger charge is -2.10. The zero-order valence-electron chi connectivity index (χ0n) is 14.4. The van der Waals surface area contributed by atoms with Crippen molar-refractivity contribution in [3.05, 3.63) is 96.8 Å². The molecule has 4 aromatic carbocycles. The van der Waals surface area contributed by atoms with Crippen LogP contribution in [0.5, 0.6) is 0 Å². The topological polar surface area (TPSA) is 25.2 Å². The fraction of sp³-hybridized carbons (Fsp3) is 0. The minimum absolute atomic E-state index is 0.252. The van der Waals surface area contributed by atoms with Gasteiger partial charge in [0, 0.05) is 27.7 Å². The fourth-order valence-corrected chi connectivity index (χ4v) is 3.43. The van der Waals surface area contributed by atoms with Crippen molar-refractivity contribution < 1.29 is 8.81 Å². The third kappa shape index (κ3) is 2.83. The van der Waals surface area contributed by atoms with Crippen LogP contribution in [0.4, 0.5) is 15.8 Å². The van der Waals surface area contributed by atoms with Crippen LogP contribution in [0.2, 0.25) is 0 Å². The average molecular weight is 353 g/mol. The molecule has 0 aliphatic heterocycles. The highest BCUT2D eigenvalue weighted by Gasteiger charge is 2.14. The number of furan rings is 1. The second kappa shape index (κ2) is 6.29. The van der Waals surface area contributed by atoms with Crippen molar-refractivity contribution in [2.24, 2.45) is 0 Å². The van der Waals surface area contributed by atoms with Crippen molar-refractivity contribution in [2.45, 2.75) is 0 Å². The van der Waals surface area contributed by atoms with Gasteiger partial charge in [0.05, 0.1) is 0 Å². The molecule has 2 nitrogen and oxygen atoms in total. The van der Waals surface area contributed by atoms with Crippen molar-refractivity contribution in [3.63, 3.8) is 0 Å². The minimum atomic E-state index is -0.252. The lowest BCUT2D eigenvalue weighted by Crippen LogP contribution is -1.91. The first kappa shape index (κ1) is 15.6. The Bertz CT molecular complexity index is 1240. The summed E-state index contributed by atoms with van der Waals surface area (Å²) in [4.78, 5) is 0. The quantitative estimate of drug-likeness (QED) is 0.373. The smallest absolute Gasteiger partial charge is 0.143 e. The van der Waals surface area contributed by atoms with Gasteiger partial charge in [-0.25, -0.2) is 4.39 Å². The molecule has 5 aromatic rings. The average Bonchev–Trinajstić information content (AvgIpc) is 3.08. The number of hydrogen-bond donors (Lipinski definition) is 1. The molecule has 0 saturated carbocycles. The van der Waals surface area contributed by atoms with Gasteiger partial charge in [-0.1, -0.05) is 48.5 Å². The SMILES string of the molecule is Fc1ccc(-c2cc(Nc3ccccc3)cc3c2oc2ccccc23)cc1. The van der Waals surface area contributed by atoms with Crippen molar-refractivity contribution in [3.8, 4) is 11.1 Å². The summed E-state index contributed by atoms with van der Waals surface area (Å²) in [5, 5.41) is 5.55. The molecule has 1 aromatic heterocycles. The van der Waals surface area contributed by atoms with Crippen LogP contribution in [0.15, 0.2) is 95.4 Å². The van der Waals surface area contributed by atoms with Gasteiger partial charge in [-0.3, -0.25) is 0 Å². The van der Waals surface area contributed by atoms with Crippen LogP contribution >= 0.6 is 0 Å². The maximum Gasteiger partial charge on any atom is 0.143 e. The first-order chi connectivity index (χ1) is 13.3. The van der Waals surface area contributed by atoms with Crippen molar-refractivity contribution >= 4 is 33.3 Å². The summed E-state index contributed by atoms with van der Waals surface area (Å²) in [5.74, 6) is -0.252. The molecule has 1 heterocycles. The number of benzene rings is 4. The molecule has 5 rings (SSSR count). The molecule has 0 saturated heterocycles. The molecule has 0 amide bonds. The highest BCUT2D eigenvalue weighted by molar-refractivity contribution is 6.11. The molecule has 130 valence electrons. The van der Waals surface area contributed by atoms with E-state index in [9.17, 15) is 4.39 Å². The summed E-state index contributed by atoms with van der Waals surface area (Å²) < 4.78 is 19.6. The molecular weight excluding hydrogens is 337 g/mol. The van der Waals surface area contributed by atoms with E-state index in [0.717, 1.165) is 44.4 Å². The maximum absolute atomic E-state index is 13.4. The van der Waals surface area contributed by atoms with Gasteiger partial charge in [0.2, 0.25) is 0 Å². The summed E-state index contributed by atoms with van der Waals surface area (Å²) in [6, 6.07) is 28.7. The van der Waals surface area contributed by atoms with E-state index in [1.165, 1.54) is 12.1 Å². The number of nitrogens with one attached hydrogen (secondary N) is 1. The lowest BCUT2D eigenvalue weighted by atomic mass is 10.0. The largest absolute Gasteiger partial charge is 0.455 e. The molecule has 3 heteroatoms. The Labute approximate surface area is 155 Å². The summed E-state index contributed by atoms with van der Waals surface area (Å²) in [7, 11) is 0. The Morgan fingerprint density at radius 2 is 1.41 bits per heavy atom. The highest BCUT2D eigenvalue weighted by Crippen LogP contribution is 2.38. The molecular formula is C24H16FNO. The van der Waals surface area contributed by atoms with Crippen LogP contribution in [0.25, 0.3) is 33.1 Å². The van der Waals surface area contributed by atoms with Gasteiger partial charge in [-0.2, -0.15) is 0 Å². The first-order valence-electron chi connectivity index (χ1n) is 8.81. The second-order valence-corrected chi connectivity index (χ2v) is 6.50. The van der Waals surface area contributed by atoms with Crippen LogP contribution in [0.1, 0.15) is 0 Å². The second-order valence-electron chi connectivity index (χ2n) is 6.50. The number of fused-ring (bicyclic) bond motifs is 3. The molecule has 0 aliphatic carbocycles. The van der Waals surface area contributed by atoms with Gasteiger partial charge in [-0.15, -0.1) is 0 Å². The van der Waals surface area contributed by atoms with Gasteiger partial charge in [-0.05, 0) is 48.0 Å². The highest BCUT2D eigenvalue weighted by atomic mass is 19.1. The van der Waals surface area contributed by atoms with E-state index in [4.69, 9.17) is 4.42 Å². The zero-order chi connectivity index (χ0) is 18.2. The normalized spacial score (nSPS) is 11.1. The van der Waals surface area contributed by atoms with E-state index in [0.29, 0.717) is 0 Å². The molecule has 0 radical (unpaired) electrons. The monoisotopic (exact) mass is 353 g/mol. The fourth-order valence-electron chi connectivity index (χ4n) is 3.43. The maximum atomic E-state index is 13.4. The van der Waals surface area contributed by atoms with Crippen LogP contribution in [0, 0.1) is 5.82 Å². The molecule has 1 N–H and O–H groups in total. The molecule has 0 aliphatic rings. The molecule has 0 bridgehead atoms. The van der Waals surface area contributed by atoms with Crippen LogP contribution in [-0.4, -0.2) is 0 Å². The summed E-state index contributed by atoms with van der Waals surface area (Å²) >= 11 is 0. The van der Waals surface area contributed by atoms with Gasteiger partial charge >= 0.3 is 0 Å². The van der Waals surface area contributed by atoms with E-state index < -0.39 is 0 Å². The number of rotatable bonds is 3. The standard InChI is InChI=1S/C24H16FNO/c25-17-12-10-16(11-13-17)21-14-19(26-18-6-2-1-3-7-18)15-22-20-8-4-5-9-23(20)27-24(21)22/h1-15,26H. The van der Waals surface area contributed by atoms with E-state index in [-0.39, 0.29) is 5.82 Å². The van der Waals surface area contributed by atoms with E-state index in [1.54, 1.807) is 12.1 Å². The third-order valence-electron chi connectivity index (χ3n) is 4.70. The van der Waals surface area contributed by atoms with Crippen molar-refractivity contribution in [1.29, 1.82) is 0 Å². The van der Waals surface area contributed by atoms with Crippen molar-refractivity contribution in [1.82, 2.24) is 0 Å². The molecule has 0 unspecified atom stereocenters. The van der Waals surface area contributed by atoms with Crippen LogP contribution in [0.3, 0.4) is 0 Å². The van der Waals surface area contributed by atoms with Gasteiger partial charge in [0.1, 0.15) is 17.0 Å². The molecule has 0 spiro atoms. The number of halogens is 1. The molecule has 0 atom stereocenters. The van der Waals surface area contributed by atoms with Crippen LogP contribution in [-0.2, 0) is 0 Å². The number of para-hydroxylation sites is 2. The van der Waals surface area contributed by atoms with E-state index in [2.05, 4.69) is 17.4 Å². The Morgan fingerprint density at radius 3 is 2.22 bits per heavy atom. The molecule has 27 heavy (non-hydrogen) atoms. The minimum Gasteiger partial charge on any atom is -0.455 e. The van der Waals surface area contributed by atoms with Crippen LogP contribution < -0.4 is 5.32 Å². The van der Waals surface area contributed by atoms with E-state index >= 15 is 0 Å². The van der Waals surface area contributed by atoms with Gasteiger partial charge in [0.15, 0.2) is 0 Å². The lowest BCUT2D eigenvalue weighted by molar-refractivity contribution is 0.628. The predicted molar refractivity (Wildman–Crippen MR) is 109 cm³/mol. The first-order valence-corrected chi connectivity index (χ1v) is 8.81. The number of hydrogen-bond acceptors (Lipinski definition) is 2. The Morgan fingerprint density at radius 1 is 0.667 bits per heavy atom. The van der Waals surface area contributed by atoms with Gasteiger partial charge in [0.25, 0.3) is 0 Å². The van der Waals surface area contributed by atoms with Gasteiger partial charge < -0.3 is 9.73 Å². The molecule has 0 fully saturated rings. The summed E-state index contributed by atoms with van der Waals surface area (Å²) in [5.41, 5.74) is 5.46. The third-order valence-corrected chi connectivity index (χ3v) is 4.70.